The van der Waals surface area contributed by atoms with Gasteiger partial charge in [-0.05, 0) is 42.7 Å². The molecule has 0 radical (unpaired) electrons. The van der Waals surface area contributed by atoms with Crippen LogP contribution in [-0.4, -0.2) is 47.0 Å². The zero-order valence-electron chi connectivity index (χ0n) is 18.6. The number of methoxy groups -OCH3 is 3. The molecule has 0 amide bonds. The number of ketones is 1. The molecule has 0 saturated heterocycles. The maximum Gasteiger partial charge on any atom is 0.226 e. The Morgan fingerprint density at radius 1 is 1.06 bits per heavy atom. The number of phenols is 1. The van der Waals surface area contributed by atoms with Crippen LogP contribution in [0.15, 0.2) is 47.7 Å². The van der Waals surface area contributed by atoms with E-state index in [1.165, 1.54) is 0 Å². The molecule has 0 unspecified atom stereocenters. The zero-order chi connectivity index (χ0) is 23.1. The van der Waals surface area contributed by atoms with E-state index in [0.29, 0.717) is 46.6 Å². The molecule has 0 saturated carbocycles. The van der Waals surface area contributed by atoms with Crippen LogP contribution < -0.4 is 19.5 Å². The lowest BCUT2D eigenvalue weighted by atomic mass is 9.85. The van der Waals surface area contributed by atoms with E-state index < -0.39 is 6.04 Å². The van der Waals surface area contributed by atoms with Crippen LogP contribution in [0.1, 0.15) is 30.9 Å². The van der Waals surface area contributed by atoms with Crippen molar-refractivity contribution in [1.82, 2.24) is 14.8 Å². The molecule has 1 aliphatic heterocycles. The number of anilines is 1. The maximum atomic E-state index is 13.0. The Hall–Kier alpha value is -4.01. The summed E-state index contributed by atoms with van der Waals surface area (Å²) in [6, 6.07) is 9.98. The van der Waals surface area contributed by atoms with E-state index in [0.717, 1.165) is 24.1 Å². The standard InChI is InChI=1S/C24H24N4O5/c1-31-18-11-14(12-19(32-2)22(18)33-3)23-26-24-25-16-8-5-9-17(30)20(16)21(28(24)27-23)13-6-4-7-15(29)10-13/h4,6-7,10-12,21,29H,5,8-9H2,1-3H3,(H,25,26,27)/t21-/m0/s1. The molecular formula is C24H24N4O5. The fraction of sp³-hybridized carbons (Fsp3) is 0.292. The van der Waals surface area contributed by atoms with Crippen LogP contribution in [0.3, 0.4) is 0 Å². The molecule has 2 N–H and O–H groups in total. The van der Waals surface area contributed by atoms with E-state index in [4.69, 9.17) is 24.3 Å². The van der Waals surface area contributed by atoms with Crippen molar-refractivity contribution >= 4 is 11.7 Å². The molecule has 1 aromatic heterocycles. The van der Waals surface area contributed by atoms with E-state index in [9.17, 15) is 9.90 Å². The number of benzene rings is 2. The van der Waals surface area contributed by atoms with Gasteiger partial charge in [0.05, 0.1) is 21.3 Å². The van der Waals surface area contributed by atoms with Crippen molar-refractivity contribution in [2.24, 2.45) is 0 Å². The fourth-order valence-corrected chi connectivity index (χ4v) is 4.49. The predicted octanol–water partition coefficient (Wildman–Crippen LogP) is 3.70. The van der Waals surface area contributed by atoms with Gasteiger partial charge in [0.15, 0.2) is 23.1 Å². The number of aromatic hydroxyl groups is 1. The van der Waals surface area contributed by atoms with Crippen molar-refractivity contribution < 1.29 is 24.1 Å². The van der Waals surface area contributed by atoms with Crippen molar-refractivity contribution in [2.45, 2.75) is 25.3 Å². The third-order valence-electron chi connectivity index (χ3n) is 5.98. The smallest absolute Gasteiger partial charge is 0.226 e. The van der Waals surface area contributed by atoms with Crippen LogP contribution in [0.5, 0.6) is 23.0 Å². The number of aromatic nitrogens is 3. The molecule has 5 rings (SSSR count). The summed E-state index contributed by atoms with van der Waals surface area (Å²) in [6.07, 6.45) is 2.02. The first-order valence-corrected chi connectivity index (χ1v) is 10.6. The van der Waals surface area contributed by atoms with Gasteiger partial charge in [-0.25, -0.2) is 4.68 Å². The van der Waals surface area contributed by atoms with Gasteiger partial charge in [0.1, 0.15) is 11.8 Å². The average Bonchev–Trinajstić information content (AvgIpc) is 3.25. The van der Waals surface area contributed by atoms with Crippen LogP contribution in [0.2, 0.25) is 0 Å². The number of rotatable bonds is 5. The number of carbonyl (C=O) groups excluding carboxylic acids is 1. The molecule has 9 heteroatoms. The number of fused-ring (bicyclic) bond motifs is 1. The molecule has 1 atom stereocenters. The predicted molar refractivity (Wildman–Crippen MR) is 121 cm³/mol. The summed E-state index contributed by atoms with van der Waals surface area (Å²) in [5, 5.41) is 18.2. The molecule has 33 heavy (non-hydrogen) atoms. The molecule has 1 aliphatic carbocycles. The first-order chi connectivity index (χ1) is 16.0. The summed E-state index contributed by atoms with van der Waals surface area (Å²) in [7, 11) is 4.65. The molecule has 0 spiro atoms. The molecule has 3 aromatic rings. The van der Waals surface area contributed by atoms with Gasteiger partial charge < -0.3 is 24.6 Å². The zero-order valence-corrected chi connectivity index (χ0v) is 18.6. The van der Waals surface area contributed by atoms with Gasteiger partial charge in [0.25, 0.3) is 0 Å². The molecule has 170 valence electrons. The summed E-state index contributed by atoms with van der Waals surface area (Å²) < 4.78 is 18.1. The summed E-state index contributed by atoms with van der Waals surface area (Å²) in [6.45, 7) is 0. The number of Topliss-reactive ketones (excluding diaryl/α,β-unsaturated/α-hetero) is 1. The Bertz CT molecular complexity index is 1250. The molecule has 0 fully saturated rings. The van der Waals surface area contributed by atoms with Gasteiger partial charge in [0, 0.05) is 23.3 Å². The van der Waals surface area contributed by atoms with Crippen molar-refractivity contribution in [3.63, 3.8) is 0 Å². The van der Waals surface area contributed by atoms with Gasteiger partial charge in [-0.15, -0.1) is 5.10 Å². The second-order valence-electron chi connectivity index (χ2n) is 7.91. The highest BCUT2D eigenvalue weighted by atomic mass is 16.5. The second kappa shape index (κ2) is 8.16. The first kappa shape index (κ1) is 20.9. The van der Waals surface area contributed by atoms with Crippen molar-refractivity contribution in [1.29, 1.82) is 0 Å². The van der Waals surface area contributed by atoms with Crippen molar-refractivity contribution in [3.8, 4) is 34.4 Å². The van der Waals surface area contributed by atoms with Gasteiger partial charge in [-0.1, -0.05) is 12.1 Å². The third kappa shape index (κ3) is 3.45. The number of nitrogens with one attached hydrogen (secondary N) is 1. The van der Waals surface area contributed by atoms with E-state index in [-0.39, 0.29) is 11.5 Å². The van der Waals surface area contributed by atoms with Crippen LogP contribution in [0, 0.1) is 0 Å². The Kier molecular flexibility index (Phi) is 5.16. The van der Waals surface area contributed by atoms with Crippen LogP contribution >= 0.6 is 0 Å². The number of hydrogen-bond donors (Lipinski definition) is 2. The molecule has 0 bridgehead atoms. The summed E-state index contributed by atoms with van der Waals surface area (Å²) in [5.41, 5.74) is 2.96. The normalized spacial score (nSPS) is 17.2. The highest BCUT2D eigenvalue weighted by Crippen LogP contribution is 2.43. The average molecular weight is 448 g/mol. The lowest BCUT2D eigenvalue weighted by molar-refractivity contribution is -0.116. The van der Waals surface area contributed by atoms with Crippen molar-refractivity contribution in [2.75, 3.05) is 26.6 Å². The van der Waals surface area contributed by atoms with Crippen LogP contribution in [-0.2, 0) is 4.79 Å². The number of carbonyl (C=O) groups is 1. The lowest BCUT2D eigenvalue weighted by Crippen LogP contribution is -2.31. The number of phenolic OH excluding ortho intramolecular Hbond substituents is 1. The largest absolute Gasteiger partial charge is 0.508 e. The molecule has 9 nitrogen and oxygen atoms in total. The molecular weight excluding hydrogens is 424 g/mol. The van der Waals surface area contributed by atoms with Crippen molar-refractivity contribution in [3.05, 3.63) is 53.2 Å². The minimum atomic E-state index is -0.487. The highest BCUT2D eigenvalue weighted by Gasteiger charge is 2.37. The summed E-state index contributed by atoms with van der Waals surface area (Å²) in [4.78, 5) is 17.7. The fourth-order valence-electron chi connectivity index (χ4n) is 4.49. The van der Waals surface area contributed by atoms with Gasteiger partial charge in [-0.2, -0.15) is 4.98 Å². The summed E-state index contributed by atoms with van der Waals surface area (Å²) >= 11 is 0. The maximum absolute atomic E-state index is 13.0. The van der Waals surface area contributed by atoms with Gasteiger partial charge >= 0.3 is 0 Å². The number of ether oxygens (including phenoxy) is 3. The SMILES string of the molecule is COc1cc(-c2nc3n(n2)[C@@H](c2cccc(O)c2)C2=C(CCCC2=O)N3)cc(OC)c1OC. The van der Waals surface area contributed by atoms with E-state index in [2.05, 4.69) is 5.32 Å². The number of nitrogens with zero attached hydrogens (tertiary/aromatic N) is 3. The van der Waals surface area contributed by atoms with Gasteiger partial charge in [0.2, 0.25) is 11.7 Å². The Labute approximate surface area is 190 Å². The quantitative estimate of drug-likeness (QED) is 0.608. The number of hydrogen-bond acceptors (Lipinski definition) is 8. The van der Waals surface area contributed by atoms with Crippen LogP contribution in [0.25, 0.3) is 11.4 Å². The summed E-state index contributed by atoms with van der Waals surface area (Å²) in [5.74, 6) is 2.63. The lowest BCUT2D eigenvalue weighted by Gasteiger charge is -2.32. The highest BCUT2D eigenvalue weighted by molar-refractivity contribution is 5.99. The first-order valence-electron chi connectivity index (χ1n) is 10.6. The second-order valence-corrected chi connectivity index (χ2v) is 7.91. The minimum absolute atomic E-state index is 0.0765. The van der Waals surface area contributed by atoms with Crippen LogP contribution in [0.4, 0.5) is 5.95 Å². The Balaban J connectivity index is 1.67. The minimum Gasteiger partial charge on any atom is -0.508 e. The monoisotopic (exact) mass is 448 g/mol. The number of allylic oxidation sites excluding steroid dienone is 2. The third-order valence-corrected chi connectivity index (χ3v) is 5.98. The Morgan fingerprint density at radius 3 is 2.48 bits per heavy atom. The molecule has 2 aromatic carbocycles. The molecule has 2 aliphatic rings. The van der Waals surface area contributed by atoms with E-state index >= 15 is 0 Å². The Morgan fingerprint density at radius 2 is 1.82 bits per heavy atom. The van der Waals surface area contributed by atoms with E-state index in [1.54, 1.807) is 56.3 Å². The van der Waals surface area contributed by atoms with E-state index in [1.807, 2.05) is 6.07 Å². The van der Waals surface area contributed by atoms with Gasteiger partial charge in [-0.3, -0.25) is 4.79 Å². The molecule has 2 heterocycles. The topological polar surface area (TPSA) is 108 Å².